The molecule has 1 atom stereocenters. The molecule has 0 aliphatic carbocycles. The number of rotatable bonds is 4. The summed E-state index contributed by atoms with van der Waals surface area (Å²) in [5.74, 6) is -2.04. The number of amides is 1. The van der Waals surface area contributed by atoms with Crippen molar-refractivity contribution in [2.75, 3.05) is 0 Å². The number of benzene rings is 1. The predicted molar refractivity (Wildman–Crippen MR) is 108 cm³/mol. The Morgan fingerprint density at radius 2 is 1.83 bits per heavy atom. The van der Waals surface area contributed by atoms with Crippen molar-refractivity contribution in [1.29, 1.82) is 0 Å². The minimum atomic E-state index is -0.737. The smallest absolute Gasteiger partial charge is 0.295 e. The van der Waals surface area contributed by atoms with Gasteiger partial charge >= 0.3 is 0 Å². The molecule has 1 saturated heterocycles. The van der Waals surface area contributed by atoms with Gasteiger partial charge in [-0.25, -0.2) is 4.39 Å². The van der Waals surface area contributed by atoms with Crippen LogP contribution in [0.4, 0.5) is 4.39 Å². The van der Waals surface area contributed by atoms with E-state index in [-0.39, 0.29) is 23.7 Å². The van der Waals surface area contributed by atoms with Gasteiger partial charge < -0.3 is 10.0 Å². The summed E-state index contributed by atoms with van der Waals surface area (Å²) in [7, 11) is 0. The molecule has 1 aliphatic rings. The average Bonchev–Trinajstić information content (AvgIpc) is 3.25. The van der Waals surface area contributed by atoms with E-state index in [1.807, 2.05) is 18.4 Å². The number of likely N-dealkylation sites (tertiary alicyclic amines) is 1. The van der Waals surface area contributed by atoms with Crippen molar-refractivity contribution in [1.82, 2.24) is 9.88 Å². The molecule has 0 saturated carbocycles. The van der Waals surface area contributed by atoms with E-state index in [0.717, 1.165) is 10.4 Å². The fourth-order valence-electron chi connectivity index (χ4n) is 3.43. The minimum absolute atomic E-state index is 0.0499. The average molecular weight is 408 g/mol. The molecule has 4 rings (SSSR count). The first-order chi connectivity index (χ1) is 14.0. The van der Waals surface area contributed by atoms with E-state index in [9.17, 15) is 19.1 Å². The molecule has 146 valence electrons. The predicted octanol–water partition coefficient (Wildman–Crippen LogP) is 4.21. The van der Waals surface area contributed by atoms with Crippen LogP contribution in [0, 0.1) is 12.7 Å². The molecule has 1 fully saturated rings. The number of ketones is 1. The Hall–Kier alpha value is -3.32. The van der Waals surface area contributed by atoms with Gasteiger partial charge in [-0.15, -0.1) is 11.3 Å². The Balaban J connectivity index is 1.85. The first-order valence-electron chi connectivity index (χ1n) is 8.94. The molecule has 1 N–H and O–H groups in total. The van der Waals surface area contributed by atoms with E-state index < -0.39 is 17.7 Å². The summed E-state index contributed by atoms with van der Waals surface area (Å²) in [5, 5.41) is 12.8. The molecule has 0 spiro atoms. The second-order valence-corrected chi connectivity index (χ2v) is 7.70. The van der Waals surface area contributed by atoms with Gasteiger partial charge in [0.25, 0.3) is 11.7 Å². The van der Waals surface area contributed by atoms with E-state index >= 15 is 0 Å². The molecular formula is C22H17FN2O3S. The van der Waals surface area contributed by atoms with E-state index in [4.69, 9.17) is 0 Å². The third-order valence-corrected chi connectivity index (χ3v) is 5.98. The van der Waals surface area contributed by atoms with Crippen LogP contribution in [-0.2, 0) is 16.1 Å². The fraction of sp³-hybridized carbons (Fsp3) is 0.136. The second kappa shape index (κ2) is 7.60. The number of aryl methyl sites for hydroxylation is 1. The maximum atomic E-state index is 13.3. The number of hydrogen-bond acceptors (Lipinski definition) is 5. The van der Waals surface area contributed by atoms with Crippen molar-refractivity contribution in [3.05, 3.63) is 93.2 Å². The second-order valence-electron chi connectivity index (χ2n) is 6.76. The number of aliphatic hydroxyl groups excluding tert-OH is 1. The molecule has 29 heavy (non-hydrogen) atoms. The van der Waals surface area contributed by atoms with Crippen LogP contribution in [0.3, 0.4) is 0 Å². The molecule has 1 unspecified atom stereocenters. The molecular weight excluding hydrogens is 391 g/mol. The number of aromatic nitrogens is 1. The Kier molecular flexibility index (Phi) is 4.98. The molecule has 3 aromatic rings. The van der Waals surface area contributed by atoms with E-state index in [0.29, 0.717) is 11.1 Å². The van der Waals surface area contributed by atoms with E-state index in [1.54, 1.807) is 24.3 Å². The first-order valence-corrected chi connectivity index (χ1v) is 9.82. The molecule has 5 nitrogen and oxygen atoms in total. The molecule has 1 aliphatic heterocycles. The van der Waals surface area contributed by atoms with Crippen molar-refractivity contribution in [2.45, 2.75) is 19.5 Å². The Morgan fingerprint density at radius 3 is 2.45 bits per heavy atom. The highest BCUT2D eigenvalue weighted by Crippen LogP contribution is 2.43. The first kappa shape index (κ1) is 19.0. The van der Waals surface area contributed by atoms with Crippen LogP contribution in [0.25, 0.3) is 5.76 Å². The summed E-state index contributed by atoms with van der Waals surface area (Å²) >= 11 is 1.42. The quantitative estimate of drug-likeness (QED) is 0.399. The highest BCUT2D eigenvalue weighted by molar-refractivity contribution is 7.10. The number of carbonyl (C=O) groups excluding carboxylic acids is 2. The molecule has 0 radical (unpaired) electrons. The van der Waals surface area contributed by atoms with E-state index in [1.165, 1.54) is 40.8 Å². The zero-order valence-corrected chi connectivity index (χ0v) is 16.3. The summed E-state index contributed by atoms with van der Waals surface area (Å²) in [6, 6.07) is 10.1. The Morgan fingerprint density at radius 1 is 1.14 bits per heavy atom. The van der Waals surface area contributed by atoms with Gasteiger partial charge in [0.1, 0.15) is 17.6 Å². The van der Waals surface area contributed by atoms with Crippen molar-refractivity contribution in [3.8, 4) is 0 Å². The summed E-state index contributed by atoms with van der Waals surface area (Å²) in [4.78, 5) is 32.0. The number of nitrogens with zero attached hydrogens (tertiary/aromatic N) is 2. The van der Waals surface area contributed by atoms with Gasteiger partial charge in [-0.05, 0) is 53.8 Å². The minimum Gasteiger partial charge on any atom is -0.507 e. The summed E-state index contributed by atoms with van der Waals surface area (Å²) < 4.78 is 13.3. The number of Topliss-reactive ketones (excluding diaryl/α,β-unsaturated/α-hetero) is 1. The van der Waals surface area contributed by atoms with Gasteiger partial charge in [0.2, 0.25) is 0 Å². The zero-order chi connectivity index (χ0) is 20.5. The van der Waals surface area contributed by atoms with Crippen molar-refractivity contribution < 1.29 is 19.1 Å². The largest absolute Gasteiger partial charge is 0.507 e. The number of hydrogen-bond donors (Lipinski definition) is 1. The van der Waals surface area contributed by atoms with Crippen LogP contribution in [0.15, 0.2) is 65.8 Å². The van der Waals surface area contributed by atoms with Crippen LogP contribution in [-0.4, -0.2) is 26.7 Å². The standard InChI is InChI=1S/C22H17FN2O3S/c1-13-8-11-29-21(13)18-17(19(26)15-6-9-24-10-7-15)20(27)22(28)25(18)12-14-2-4-16(23)5-3-14/h2-11,18,26H,12H2,1H3/b19-17-. The highest BCUT2D eigenvalue weighted by Gasteiger charge is 2.47. The Labute approximate surface area is 170 Å². The highest BCUT2D eigenvalue weighted by atomic mass is 32.1. The van der Waals surface area contributed by atoms with Crippen LogP contribution < -0.4 is 0 Å². The normalized spacial score (nSPS) is 18.4. The van der Waals surface area contributed by atoms with E-state index in [2.05, 4.69) is 4.98 Å². The summed E-state index contributed by atoms with van der Waals surface area (Å²) in [6.45, 7) is 2.02. The van der Waals surface area contributed by atoms with Gasteiger partial charge in [0, 0.05) is 29.4 Å². The number of aliphatic hydroxyl groups is 1. The van der Waals surface area contributed by atoms with Gasteiger partial charge in [-0.2, -0.15) is 0 Å². The third kappa shape index (κ3) is 3.45. The monoisotopic (exact) mass is 408 g/mol. The fourth-order valence-corrected chi connectivity index (χ4v) is 4.48. The van der Waals surface area contributed by atoms with Gasteiger partial charge in [-0.3, -0.25) is 14.6 Å². The van der Waals surface area contributed by atoms with Crippen LogP contribution >= 0.6 is 11.3 Å². The number of halogens is 1. The SMILES string of the molecule is Cc1ccsc1C1/C(=C(/O)c2ccncc2)C(=O)C(=O)N1Cc1ccc(F)cc1. The number of thiophene rings is 1. The van der Waals surface area contributed by atoms with Crippen LogP contribution in [0.1, 0.15) is 27.6 Å². The van der Waals surface area contributed by atoms with Crippen molar-refractivity contribution in [3.63, 3.8) is 0 Å². The number of pyridine rings is 1. The van der Waals surface area contributed by atoms with Crippen molar-refractivity contribution >= 4 is 28.8 Å². The number of carbonyl (C=O) groups is 2. The lowest BCUT2D eigenvalue weighted by Gasteiger charge is -2.25. The van der Waals surface area contributed by atoms with Gasteiger partial charge in [0.05, 0.1) is 5.57 Å². The zero-order valence-electron chi connectivity index (χ0n) is 15.5. The van der Waals surface area contributed by atoms with Crippen LogP contribution in [0.5, 0.6) is 0 Å². The molecule has 3 heterocycles. The maximum absolute atomic E-state index is 13.3. The molecule has 1 amide bonds. The molecule has 1 aromatic carbocycles. The maximum Gasteiger partial charge on any atom is 0.295 e. The molecule has 7 heteroatoms. The molecule has 0 bridgehead atoms. The molecule has 2 aromatic heterocycles. The van der Waals surface area contributed by atoms with Crippen LogP contribution in [0.2, 0.25) is 0 Å². The summed E-state index contributed by atoms with van der Waals surface area (Å²) in [6.07, 6.45) is 3.02. The van der Waals surface area contributed by atoms with Crippen molar-refractivity contribution in [2.24, 2.45) is 0 Å². The third-order valence-electron chi connectivity index (χ3n) is 4.91. The summed E-state index contributed by atoms with van der Waals surface area (Å²) in [5.41, 5.74) is 2.08. The lowest BCUT2D eigenvalue weighted by Crippen LogP contribution is -2.29. The Bertz CT molecular complexity index is 1110. The van der Waals surface area contributed by atoms with Gasteiger partial charge in [-0.1, -0.05) is 12.1 Å². The lowest BCUT2D eigenvalue weighted by molar-refractivity contribution is -0.140. The van der Waals surface area contributed by atoms with Gasteiger partial charge in [0.15, 0.2) is 0 Å². The topological polar surface area (TPSA) is 70.5 Å². The lowest BCUT2D eigenvalue weighted by atomic mass is 9.98.